The number of hydrogen-bond acceptors (Lipinski definition) is 6. The van der Waals surface area contributed by atoms with Crippen molar-refractivity contribution < 1.29 is 14.4 Å². The van der Waals surface area contributed by atoms with Crippen LogP contribution >= 0.6 is 11.3 Å². The maximum atomic E-state index is 12.9. The molecule has 0 saturated carbocycles. The van der Waals surface area contributed by atoms with Crippen molar-refractivity contribution in [1.29, 1.82) is 0 Å². The van der Waals surface area contributed by atoms with Crippen LogP contribution in [0.5, 0.6) is 0 Å². The molecule has 0 aliphatic carbocycles. The van der Waals surface area contributed by atoms with Crippen LogP contribution in [0, 0.1) is 12.8 Å². The zero-order chi connectivity index (χ0) is 24.8. The third-order valence-corrected chi connectivity index (χ3v) is 7.07. The first-order chi connectivity index (χ1) is 16.9. The smallest absolute Gasteiger partial charge is 0.286 e. The van der Waals surface area contributed by atoms with E-state index in [1.54, 1.807) is 4.90 Å². The normalized spacial score (nSPS) is 14.9. The summed E-state index contributed by atoms with van der Waals surface area (Å²) in [6, 6.07) is 17.3. The Kier molecular flexibility index (Phi) is 7.87. The van der Waals surface area contributed by atoms with Gasteiger partial charge in [0.15, 0.2) is 0 Å². The van der Waals surface area contributed by atoms with Gasteiger partial charge in [0, 0.05) is 25.2 Å². The van der Waals surface area contributed by atoms with Crippen molar-refractivity contribution in [1.82, 2.24) is 20.4 Å². The number of aryl methyl sites for hydroxylation is 1. The highest BCUT2D eigenvalue weighted by Gasteiger charge is 2.28. The molecule has 1 atom stereocenters. The minimum Gasteiger partial charge on any atom is -0.350 e. The molecule has 1 saturated heterocycles. The number of amides is 3. The molecule has 0 spiro atoms. The summed E-state index contributed by atoms with van der Waals surface area (Å²) in [6.45, 7) is 5.05. The standard InChI is InChI=1S/C26H29N5O3S/c1-17-8-10-21(11-9-17)28-23(33)24-29-30-25(35-24)26(34)31-14-12-19(13-15-31)16-22(32)27-18(2)20-6-4-3-5-7-20/h3-11,18-19H,12-16H2,1-2H3,(H,27,32)(H,28,33)/t18-/m0/s1. The number of benzene rings is 2. The van der Waals surface area contributed by atoms with E-state index >= 15 is 0 Å². The summed E-state index contributed by atoms with van der Waals surface area (Å²) in [5, 5.41) is 14.0. The van der Waals surface area contributed by atoms with Crippen LogP contribution in [0.2, 0.25) is 0 Å². The fourth-order valence-electron chi connectivity index (χ4n) is 4.09. The predicted molar refractivity (Wildman–Crippen MR) is 135 cm³/mol. The summed E-state index contributed by atoms with van der Waals surface area (Å²) in [6.07, 6.45) is 1.94. The van der Waals surface area contributed by atoms with Crippen LogP contribution in [-0.4, -0.2) is 45.9 Å². The maximum absolute atomic E-state index is 12.9. The summed E-state index contributed by atoms with van der Waals surface area (Å²) in [5.74, 6) is -0.357. The fraction of sp³-hybridized carbons (Fsp3) is 0.346. The van der Waals surface area contributed by atoms with Crippen LogP contribution in [0.4, 0.5) is 5.69 Å². The van der Waals surface area contributed by atoms with Crippen molar-refractivity contribution in [3.05, 3.63) is 75.7 Å². The van der Waals surface area contributed by atoms with Crippen molar-refractivity contribution in [2.24, 2.45) is 5.92 Å². The van der Waals surface area contributed by atoms with Gasteiger partial charge in [-0.3, -0.25) is 14.4 Å². The van der Waals surface area contributed by atoms with Crippen molar-refractivity contribution in [2.75, 3.05) is 18.4 Å². The molecule has 3 amide bonds. The van der Waals surface area contributed by atoms with Crippen LogP contribution in [0.15, 0.2) is 54.6 Å². The Morgan fingerprint density at radius 2 is 1.66 bits per heavy atom. The van der Waals surface area contributed by atoms with Crippen LogP contribution in [0.3, 0.4) is 0 Å². The topological polar surface area (TPSA) is 104 Å². The van der Waals surface area contributed by atoms with Gasteiger partial charge in [-0.1, -0.05) is 59.4 Å². The lowest BCUT2D eigenvalue weighted by molar-refractivity contribution is -0.122. The molecule has 0 bridgehead atoms. The first-order valence-corrected chi connectivity index (χ1v) is 12.6. The number of likely N-dealkylation sites (tertiary alicyclic amines) is 1. The highest BCUT2D eigenvalue weighted by Crippen LogP contribution is 2.24. The minimum absolute atomic E-state index is 0.0273. The van der Waals surface area contributed by atoms with Gasteiger partial charge in [-0.05, 0) is 50.3 Å². The average Bonchev–Trinajstić information content (AvgIpc) is 3.36. The molecule has 8 nitrogen and oxygen atoms in total. The van der Waals surface area contributed by atoms with Crippen LogP contribution in [-0.2, 0) is 4.79 Å². The Morgan fingerprint density at radius 3 is 2.34 bits per heavy atom. The number of nitrogens with one attached hydrogen (secondary N) is 2. The molecule has 1 aliphatic rings. The van der Waals surface area contributed by atoms with E-state index in [1.165, 1.54) is 0 Å². The van der Waals surface area contributed by atoms with Gasteiger partial charge in [-0.25, -0.2) is 0 Å². The van der Waals surface area contributed by atoms with Crippen LogP contribution in [0.25, 0.3) is 0 Å². The van der Waals surface area contributed by atoms with Crippen molar-refractivity contribution in [2.45, 2.75) is 39.2 Å². The predicted octanol–water partition coefficient (Wildman–Crippen LogP) is 4.22. The highest BCUT2D eigenvalue weighted by molar-refractivity contribution is 7.15. The lowest BCUT2D eigenvalue weighted by Gasteiger charge is -2.31. The average molecular weight is 492 g/mol. The Labute approximate surface area is 208 Å². The zero-order valence-electron chi connectivity index (χ0n) is 19.9. The second-order valence-electron chi connectivity index (χ2n) is 8.87. The molecule has 3 aromatic rings. The molecule has 4 rings (SSSR count). The van der Waals surface area contributed by atoms with Gasteiger partial charge >= 0.3 is 0 Å². The van der Waals surface area contributed by atoms with Gasteiger partial charge in [-0.2, -0.15) is 0 Å². The zero-order valence-corrected chi connectivity index (χ0v) is 20.7. The largest absolute Gasteiger partial charge is 0.350 e. The maximum Gasteiger partial charge on any atom is 0.286 e. The summed E-state index contributed by atoms with van der Waals surface area (Å²) >= 11 is 0.992. The molecule has 0 unspecified atom stereocenters. The minimum atomic E-state index is -0.389. The molecule has 35 heavy (non-hydrogen) atoms. The highest BCUT2D eigenvalue weighted by atomic mass is 32.1. The van der Waals surface area contributed by atoms with Crippen molar-refractivity contribution >= 4 is 34.7 Å². The van der Waals surface area contributed by atoms with E-state index in [9.17, 15) is 14.4 Å². The molecule has 1 aromatic heterocycles. The lowest BCUT2D eigenvalue weighted by atomic mass is 9.93. The van der Waals surface area contributed by atoms with Crippen LogP contribution < -0.4 is 10.6 Å². The van der Waals surface area contributed by atoms with E-state index in [2.05, 4.69) is 20.8 Å². The first-order valence-electron chi connectivity index (χ1n) is 11.7. The van der Waals surface area contributed by atoms with Crippen molar-refractivity contribution in [3.8, 4) is 0 Å². The molecular formula is C26H29N5O3S. The first kappa shape index (κ1) is 24.5. The summed E-state index contributed by atoms with van der Waals surface area (Å²) in [5.41, 5.74) is 2.83. The fourth-order valence-corrected chi connectivity index (χ4v) is 4.79. The van der Waals surface area contributed by atoms with E-state index in [1.807, 2.05) is 68.4 Å². The van der Waals surface area contributed by atoms with Gasteiger partial charge in [0.1, 0.15) is 0 Å². The Bertz CT molecular complexity index is 1170. The third-order valence-electron chi connectivity index (χ3n) is 6.16. The Balaban J connectivity index is 1.24. The van der Waals surface area contributed by atoms with Gasteiger partial charge in [0.05, 0.1) is 6.04 Å². The summed E-state index contributed by atoms with van der Waals surface area (Å²) in [4.78, 5) is 39.6. The SMILES string of the molecule is Cc1ccc(NC(=O)c2nnc(C(=O)N3CCC(CC(=O)N[C@@H](C)c4ccccc4)CC3)s2)cc1. The van der Waals surface area contributed by atoms with Crippen molar-refractivity contribution in [3.63, 3.8) is 0 Å². The van der Waals surface area contributed by atoms with Gasteiger partial charge in [0.2, 0.25) is 15.9 Å². The molecule has 9 heteroatoms. The van der Waals surface area contributed by atoms with E-state index < -0.39 is 0 Å². The molecule has 182 valence electrons. The third kappa shape index (κ3) is 6.51. The summed E-state index contributed by atoms with van der Waals surface area (Å²) in [7, 11) is 0. The van der Waals surface area contributed by atoms with Gasteiger partial charge in [-0.15, -0.1) is 10.2 Å². The van der Waals surface area contributed by atoms with Gasteiger partial charge in [0.25, 0.3) is 11.8 Å². The van der Waals surface area contributed by atoms with E-state index in [0.717, 1.165) is 35.3 Å². The Hall–Kier alpha value is -3.59. The van der Waals surface area contributed by atoms with E-state index in [-0.39, 0.29) is 39.7 Å². The number of anilines is 1. The Morgan fingerprint density at radius 1 is 1.00 bits per heavy atom. The van der Waals surface area contributed by atoms with E-state index in [4.69, 9.17) is 0 Å². The lowest BCUT2D eigenvalue weighted by Crippen LogP contribution is -2.39. The van der Waals surface area contributed by atoms with E-state index in [0.29, 0.717) is 25.2 Å². The quantitative estimate of drug-likeness (QED) is 0.515. The number of rotatable bonds is 7. The number of hydrogen-bond donors (Lipinski definition) is 2. The van der Waals surface area contributed by atoms with Gasteiger partial charge < -0.3 is 15.5 Å². The monoisotopic (exact) mass is 491 g/mol. The molecule has 2 aromatic carbocycles. The number of carbonyl (C=O) groups is 3. The number of nitrogens with zero attached hydrogens (tertiary/aromatic N) is 3. The van der Waals surface area contributed by atoms with Crippen LogP contribution in [0.1, 0.15) is 63.0 Å². The molecule has 2 N–H and O–H groups in total. The number of piperidine rings is 1. The number of aromatic nitrogens is 2. The summed E-state index contributed by atoms with van der Waals surface area (Å²) < 4.78 is 0. The number of carbonyl (C=O) groups excluding carboxylic acids is 3. The molecule has 0 radical (unpaired) electrons. The second-order valence-corrected chi connectivity index (χ2v) is 9.85. The second kappa shape index (κ2) is 11.2. The molecule has 1 aliphatic heterocycles. The molecule has 1 fully saturated rings. The molecular weight excluding hydrogens is 462 g/mol. The molecule has 2 heterocycles.